The van der Waals surface area contributed by atoms with Gasteiger partial charge in [0.15, 0.2) is 0 Å². The van der Waals surface area contributed by atoms with Crippen LogP contribution in [0.5, 0.6) is 0 Å². The average Bonchev–Trinajstić information content (AvgIpc) is 3.01. The van der Waals surface area contributed by atoms with Crippen LogP contribution in [0.25, 0.3) is 0 Å². The van der Waals surface area contributed by atoms with E-state index in [-0.39, 0.29) is 12.5 Å². The van der Waals surface area contributed by atoms with Crippen LogP contribution in [0.1, 0.15) is 129 Å². The first-order chi connectivity index (χ1) is 14.6. The third kappa shape index (κ3) is 11.9. The topological polar surface area (TPSA) is 73.1 Å². The van der Waals surface area contributed by atoms with E-state index in [1.165, 1.54) is 96.3 Å². The Hall–Kier alpha value is -1.10. The van der Waals surface area contributed by atoms with E-state index in [4.69, 9.17) is 5.11 Å². The van der Waals surface area contributed by atoms with Crippen LogP contribution in [0.15, 0.2) is 4.99 Å². The molecule has 0 aromatic heterocycles. The SMILES string of the molecule is CCCCCCCCCCCCCCCCCC[C@H]1N=C(CC(=O)O)N(CC)[C@@H]1O. The van der Waals surface area contributed by atoms with Gasteiger partial charge in [0.1, 0.15) is 18.5 Å². The van der Waals surface area contributed by atoms with Crippen molar-refractivity contribution in [3.63, 3.8) is 0 Å². The van der Waals surface area contributed by atoms with E-state index in [1.54, 1.807) is 4.90 Å². The van der Waals surface area contributed by atoms with Gasteiger partial charge >= 0.3 is 5.97 Å². The molecule has 0 unspecified atom stereocenters. The van der Waals surface area contributed by atoms with Crippen molar-refractivity contribution in [1.82, 2.24) is 4.90 Å². The largest absolute Gasteiger partial charge is 0.481 e. The number of rotatable bonds is 20. The monoisotopic (exact) mass is 424 g/mol. The van der Waals surface area contributed by atoms with Crippen molar-refractivity contribution in [2.75, 3.05) is 6.54 Å². The number of nitrogens with zero attached hydrogens (tertiary/aromatic N) is 2. The molecule has 2 atom stereocenters. The van der Waals surface area contributed by atoms with Crippen LogP contribution < -0.4 is 0 Å². The lowest BCUT2D eigenvalue weighted by atomic mass is 10.0. The van der Waals surface area contributed by atoms with Crippen molar-refractivity contribution in [3.05, 3.63) is 0 Å². The number of unbranched alkanes of at least 4 members (excludes halogenated alkanes) is 15. The zero-order valence-corrected chi connectivity index (χ0v) is 19.8. The molecule has 0 aliphatic carbocycles. The Bertz CT molecular complexity index is 467. The fourth-order valence-corrected chi connectivity index (χ4v) is 4.46. The highest BCUT2D eigenvalue weighted by molar-refractivity contribution is 5.98. The summed E-state index contributed by atoms with van der Waals surface area (Å²) in [5.74, 6) is -0.360. The third-order valence-electron chi connectivity index (χ3n) is 6.31. The number of amidine groups is 1. The van der Waals surface area contributed by atoms with Gasteiger partial charge in [-0.2, -0.15) is 0 Å². The van der Waals surface area contributed by atoms with Gasteiger partial charge in [0, 0.05) is 6.54 Å². The van der Waals surface area contributed by atoms with Gasteiger partial charge in [-0.1, -0.05) is 110 Å². The van der Waals surface area contributed by atoms with Crippen molar-refractivity contribution in [1.29, 1.82) is 0 Å². The molecule has 176 valence electrons. The number of hydrogen-bond donors (Lipinski definition) is 2. The number of likely N-dealkylation sites (N-methyl/N-ethyl adjacent to an activating group) is 1. The predicted molar refractivity (Wildman–Crippen MR) is 126 cm³/mol. The summed E-state index contributed by atoms with van der Waals surface area (Å²) in [6.45, 7) is 4.80. The molecule has 0 fully saturated rings. The lowest BCUT2D eigenvalue weighted by Crippen LogP contribution is -2.40. The Balaban J connectivity index is 1.93. The van der Waals surface area contributed by atoms with Crippen molar-refractivity contribution in [2.45, 2.75) is 142 Å². The van der Waals surface area contributed by atoms with E-state index in [2.05, 4.69) is 11.9 Å². The van der Waals surface area contributed by atoms with Crippen LogP contribution in [-0.4, -0.2) is 45.7 Å². The predicted octanol–water partition coefficient (Wildman–Crippen LogP) is 6.53. The molecule has 5 nitrogen and oxygen atoms in total. The smallest absolute Gasteiger partial charge is 0.310 e. The second-order valence-corrected chi connectivity index (χ2v) is 8.97. The summed E-state index contributed by atoms with van der Waals surface area (Å²) >= 11 is 0. The first-order valence-electron chi connectivity index (χ1n) is 12.8. The summed E-state index contributed by atoms with van der Waals surface area (Å²) < 4.78 is 0. The van der Waals surface area contributed by atoms with Gasteiger partial charge in [-0.3, -0.25) is 9.79 Å². The van der Waals surface area contributed by atoms with Crippen LogP contribution in [-0.2, 0) is 4.79 Å². The molecule has 1 aliphatic heterocycles. The summed E-state index contributed by atoms with van der Waals surface area (Å²) in [5, 5.41) is 19.4. The molecule has 1 rings (SSSR count). The van der Waals surface area contributed by atoms with E-state index in [0.717, 1.165) is 12.8 Å². The Morgan fingerprint density at radius 1 is 0.800 bits per heavy atom. The third-order valence-corrected chi connectivity index (χ3v) is 6.31. The van der Waals surface area contributed by atoms with E-state index in [0.29, 0.717) is 12.4 Å². The van der Waals surface area contributed by atoms with Gasteiger partial charge in [0.2, 0.25) is 0 Å². The molecule has 1 aliphatic rings. The first-order valence-corrected chi connectivity index (χ1v) is 12.8. The minimum atomic E-state index is -0.887. The highest BCUT2D eigenvalue weighted by atomic mass is 16.4. The number of aliphatic carboxylic acids is 1. The number of aliphatic hydroxyl groups is 1. The molecular formula is C25H48N2O3. The average molecular weight is 425 g/mol. The number of carbonyl (C=O) groups is 1. The standard InChI is InChI=1S/C25H48N2O3/c1-3-5-6-7-8-9-10-11-12-13-14-15-16-17-18-19-20-22-25(30)27(4-2)23(26-22)21-24(28)29/h22,25,30H,3-21H2,1-2H3,(H,28,29)/t22-,25-/m1/s1. The van der Waals surface area contributed by atoms with Crippen molar-refractivity contribution in [3.8, 4) is 0 Å². The highest BCUT2D eigenvalue weighted by Crippen LogP contribution is 2.22. The summed E-state index contributed by atoms with van der Waals surface area (Å²) in [4.78, 5) is 17.2. The Labute approximate surface area is 185 Å². The summed E-state index contributed by atoms with van der Waals surface area (Å²) in [6.07, 6.45) is 21.7. The molecule has 0 amide bonds. The minimum absolute atomic E-state index is 0.0969. The molecular weight excluding hydrogens is 376 g/mol. The van der Waals surface area contributed by atoms with Crippen molar-refractivity contribution < 1.29 is 15.0 Å². The van der Waals surface area contributed by atoms with Gasteiger partial charge < -0.3 is 15.1 Å². The van der Waals surface area contributed by atoms with Crippen LogP contribution in [0.2, 0.25) is 0 Å². The lowest BCUT2D eigenvalue weighted by molar-refractivity contribution is -0.135. The minimum Gasteiger partial charge on any atom is -0.481 e. The van der Waals surface area contributed by atoms with Crippen LogP contribution in [0.3, 0.4) is 0 Å². The molecule has 0 radical (unpaired) electrons. The quantitative estimate of drug-likeness (QED) is 0.218. The van der Waals surface area contributed by atoms with E-state index in [9.17, 15) is 9.90 Å². The van der Waals surface area contributed by atoms with E-state index >= 15 is 0 Å². The van der Waals surface area contributed by atoms with Gasteiger partial charge in [-0.05, 0) is 13.3 Å². The molecule has 0 bridgehead atoms. The number of hydrogen-bond acceptors (Lipinski definition) is 4. The lowest BCUT2D eigenvalue weighted by Gasteiger charge is -2.24. The summed E-state index contributed by atoms with van der Waals surface area (Å²) in [7, 11) is 0. The number of carboxylic acid groups (broad SMARTS) is 1. The van der Waals surface area contributed by atoms with Gasteiger partial charge in [-0.15, -0.1) is 0 Å². The fourth-order valence-electron chi connectivity index (χ4n) is 4.46. The normalized spacial score (nSPS) is 18.8. The maximum Gasteiger partial charge on any atom is 0.310 e. The summed E-state index contributed by atoms with van der Waals surface area (Å²) in [6, 6.07) is -0.161. The van der Waals surface area contributed by atoms with E-state index in [1.807, 2.05) is 6.92 Å². The van der Waals surface area contributed by atoms with Gasteiger partial charge in [0.05, 0.1) is 6.04 Å². The Kier molecular flexibility index (Phi) is 15.8. The van der Waals surface area contributed by atoms with Crippen LogP contribution in [0, 0.1) is 0 Å². The van der Waals surface area contributed by atoms with Gasteiger partial charge in [0.25, 0.3) is 0 Å². The molecule has 0 saturated heterocycles. The van der Waals surface area contributed by atoms with Crippen molar-refractivity contribution in [2.24, 2.45) is 4.99 Å². The maximum atomic E-state index is 11.0. The Morgan fingerprint density at radius 3 is 1.63 bits per heavy atom. The maximum absolute atomic E-state index is 11.0. The number of aliphatic hydroxyl groups excluding tert-OH is 1. The van der Waals surface area contributed by atoms with Gasteiger partial charge in [-0.25, -0.2) is 0 Å². The number of aliphatic imine (C=N–C) groups is 1. The highest BCUT2D eigenvalue weighted by Gasteiger charge is 2.33. The van der Waals surface area contributed by atoms with Crippen LogP contribution >= 0.6 is 0 Å². The first kappa shape index (κ1) is 26.9. The molecule has 0 aromatic carbocycles. The summed E-state index contributed by atoms with van der Waals surface area (Å²) in [5.41, 5.74) is 0. The molecule has 1 heterocycles. The zero-order valence-electron chi connectivity index (χ0n) is 19.8. The number of carboxylic acids is 1. The molecule has 0 spiro atoms. The molecule has 5 heteroatoms. The molecule has 0 aromatic rings. The molecule has 0 saturated carbocycles. The van der Waals surface area contributed by atoms with E-state index < -0.39 is 12.2 Å². The molecule has 30 heavy (non-hydrogen) atoms. The zero-order chi connectivity index (χ0) is 22.0. The fraction of sp³-hybridized carbons (Fsp3) is 0.920. The Morgan fingerprint density at radius 2 is 1.23 bits per heavy atom. The van der Waals surface area contributed by atoms with Crippen LogP contribution in [0.4, 0.5) is 0 Å². The van der Waals surface area contributed by atoms with Crippen molar-refractivity contribution >= 4 is 11.8 Å². The second kappa shape index (κ2) is 17.6. The second-order valence-electron chi connectivity index (χ2n) is 8.97. The molecule has 2 N–H and O–H groups in total.